The highest BCUT2D eigenvalue weighted by Crippen LogP contribution is 2.23. The lowest BCUT2D eigenvalue weighted by atomic mass is 10.1. The summed E-state index contributed by atoms with van der Waals surface area (Å²) in [6.45, 7) is 6.55. The van der Waals surface area contributed by atoms with Gasteiger partial charge in [0, 0.05) is 67.9 Å². The predicted octanol–water partition coefficient (Wildman–Crippen LogP) is 4.29. The van der Waals surface area contributed by atoms with Gasteiger partial charge in [-0.1, -0.05) is 12.1 Å². The molecular weight excluding hydrogens is 401 g/mol. The van der Waals surface area contributed by atoms with Crippen LogP contribution in [-0.4, -0.2) is 63.6 Å². The zero-order valence-electron chi connectivity index (χ0n) is 18.4. The van der Waals surface area contributed by atoms with Crippen molar-refractivity contribution in [2.45, 2.75) is 19.3 Å². The SMILES string of the molecule is Fc1cccc(CCN2CCN(CCCc3c[nH]c4ccc(-n5ccnc5)cc34)CC2)c1. The number of H-pyrrole nitrogens is 1. The molecule has 2 aromatic heterocycles. The van der Waals surface area contributed by atoms with Crippen LogP contribution in [0.2, 0.25) is 0 Å². The maximum atomic E-state index is 13.3. The second kappa shape index (κ2) is 9.67. The molecule has 4 aromatic rings. The summed E-state index contributed by atoms with van der Waals surface area (Å²) < 4.78 is 15.4. The Hall–Kier alpha value is -2.96. The van der Waals surface area contributed by atoms with Crippen molar-refractivity contribution in [2.75, 3.05) is 39.3 Å². The third-order valence-corrected chi connectivity index (χ3v) is 6.54. The van der Waals surface area contributed by atoms with Crippen LogP contribution in [0.5, 0.6) is 0 Å². The van der Waals surface area contributed by atoms with E-state index < -0.39 is 0 Å². The van der Waals surface area contributed by atoms with Gasteiger partial charge >= 0.3 is 0 Å². The number of rotatable bonds is 8. The first-order valence-corrected chi connectivity index (χ1v) is 11.5. The number of aromatic nitrogens is 3. The van der Waals surface area contributed by atoms with Crippen LogP contribution in [0.4, 0.5) is 4.39 Å². The van der Waals surface area contributed by atoms with Crippen molar-refractivity contribution in [3.8, 4) is 5.69 Å². The first-order valence-electron chi connectivity index (χ1n) is 11.5. The van der Waals surface area contributed by atoms with Crippen LogP contribution < -0.4 is 0 Å². The Labute approximate surface area is 188 Å². The van der Waals surface area contributed by atoms with E-state index in [-0.39, 0.29) is 5.82 Å². The number of aromatic amines is 1. The molecule has 5 rings (SSSR count). The summed E-state index contributed by atoms with van der Waals surface area (Å²) in [5.41, 5.74) is 4.80. The molecule has 32 heavy (non-hydrogen) atoms. The van der Waals surface area contributed by atoms with Crippen molar-refractivity contribution in [1.82, 2.24) is 24.3 Å². The summed E-state index contributed by atoms with van der Waals surface area (Å²) in [5, 5.41) is 1.30. The fourth-order valence-electron chi connectivity index (χ4n) is 4.65. The molecule has 0 bridgehead atoms. The quantitative estimate of drug-likeness (QED) is 0.453. The molecule has 0 unspecified atom stereocenters. The van der Waals surface area contributed by atoms with Gasteiger partial charge < -0.3 is 19.4 Å². The molecule has 1 fully saturated rings. The van der Waals surface area contributed by atoms with E-state index in [1.165, 1.54) is 22.5 Å². The normalized spacial score (nSPS) is 15.5. The van der Waals surface area contributed by atoms with Gasteiger partial charge in [0.25, 0.3) is 0 Å². The Morgan fingerprint density at radius 2 is 1.78 bits per heavy atom. The van der Waals surface area contributed by atoms with Gasteiger partial charge in [-0.15, -0.1) is 0 Å². The topological polar surface area (TPSA) is 40.1 Å². The van der Waals surface area contributed by atoms with Crippen molar-refractivity contribution in [2.24, 2.45) is 0 Å². The summed E-state index contributed by atoms with van der Waals surface area (Å²) in [7, 11) is 0. The average molecular weight is 432 g/mol. The zero-order chi connectivity index (χ0) is 21.8. The number of hydrogen-bond donors (Lipinski definition) is 1. The highest BCUT2D eigenvalue weighted by molar-refractivity contribution is 5.85. The molecule has 0 amide bonds. The lowest BCUT2D eigenvalue weighted by molar-refractivity contribution is 0.132. The summed E-state index contributed by atoms with van der Waals surface area (Å²) in [6, 6.07) is 13.5. The molecule has 3 heterocycles. The number of imidazole rings is 1. The molecule has 1 N–H and O–H groups in total. The maximum absolute atomic E-state index is 13.3. The molecule has 0 saturated carbocycles. The number of aryl methyl sites for hydroxylation is 1. The predicted molar refractivity (Wildman–Crippen MR) is 127 cm³/mol. The lowest BCUT2D eigenvalue weighted by Crippen LogP contribution is -2.47. The molecule has 6 heteroatoms. The first-order chi connectivity index (χ1) is 15.7. The minimum Gasteiger partial charge on any atom is -0.361 e. The van der Waals surface area contributed by atoms with E-state index in [2.05, 4.69) is 44.2 Å². The second-order valence-electron chi connectivity index (χ2n) is 8.68. The molecule has 0 radical (unpaired) electrons. The van der Waals surface area contributed by atoms with Gasteiger partial charge in [-0.05, 0) is 67.3 Å². The van der Waals surface area contributed by atoms with Crippen molar-refractivity contribution >= 4 is 10.9 Å². The highest BCUT2D eigenvalue weighted by Gasteiger charge is 2.16. The van der Waals surface area contributed by atoms with E-state index in [0.717, 1.165) is 69.8 Å². The molecule has 0 aliphatic carbocycles. The number of piperazine rings is 1. The number of benzene rings is 2. The summed E-state index contributed by atoms with van der Waals surface area (Å²) in [6.07, 6.45) is 10.9. The largest absolute Gasteiger partial charge is 0.361 e. The van der Waals surface area contributed by atoms with E-state index in [1.807, 2.05) is 29.4 Å². The molecule has 5 nitrogen and oxygen atoms in total. The van der Waals surface area contributed by atoms with Crippen LogP contribution >= 0.6 is 0 Å². The number of nitrogens with zero attached hydrogens (tertiary/aromatic N) is 4. The van der Waals surface area contributed by atoms with Crippen LogP contribution in [0.25, 0.3) is 16.6 Å². The monoisotopic (exact) mass is 431 g/mol. The van der Waals surface area contributed by atoms with E-state index in [1.54, 1.807) is 12.1 Å². The van der Waals surface area contributed by atoms with E-state index in [4.69, 9.17) is 0 Å². The van der Waals surface area contributed by atoms with Gasteiger partial charge in [0.05, 0.1) is 6.33 Å². The van der Waals surface area contributed by atoms with Crippen molar-refractivity contribution in [3.05, 3.63) is 84.3 Å². The molecule has 1 aliphatic rings. The average Bonchev–Trinajstić information content (AvgIpc) is 3.49. The van der Waals surface area contributed by atoms with Crippen LogP contribution in [-0.2, 0) is 12.8 Å². The van der Waals surface area contributed by atoms with Crippen LogP contribution in [0.15, 0.2) is 67.4 Å². The highest BCUT2D eigenvalue weighted by atomic mass is 19.1. The minimum absolute atomic E-state index is 0.138. The summed E-state index contributed by atoms with van der Waals surface area (Å²) in [4.78, 5) is 12.6. The van der Waals surface area contributed by atoms with Crippen molar-refractivity contribution in [3.63, 3.8) is 0 Å². The van der Waals surface area contributed by atoms with E-state index in [9.17, 15) is 4.39 Å². The zero-order valence-corrected chi connectivity index (χ0v) is 18.4. The Morgan fingerprint density at radius 3 is 2.56 bits per heavy atom. The Balaban J connectivity index is 1.09. The van der Waals surface area contributed by atoms with Gasteiger partial charge in [-0.25, -0.2) is 9.37 Å². The lowest BCUT2D eigenvalue weighted by Gasteiger charge is -2.34. The Kier molecular flexibility index (Phi) is 6.32. The number of nitrogens with one attached hydrogen (secondary N) is 1. The van der Waals surface area contributed by atoms with Gasteiger partial charge in [0.15, 0.2) is 0 Å². The third kappa shape index (κ3) is 4.92. The van der Waals surface area contributed by atoms with Gasteiger partial charge in [-0.2, -0.15) is 0 Å². The molecule has 1 aliphatic heterocycles. The van der Waals surface area contributed by atoms with Crippen molar-refractivity contribution in [1.29, 1.82) is 0 Å². The molecular formula is C26H30FN5. The fraction of sp³-hybridized carbons (Fsp3) is 0.346. The Bertz CT molecular complexity index is 1140. The third-order valence-electron chi connectivity index (χ3n) is 6.54. The van der Waals surface area contributed by atoms with Crippen molar-refractivity contribution < 1.29 is 4.39 Å². The standard InChI is InChI=1S/C26H30FN5/c27-23-5-1-3-21(17-23)8-11-31-15-13-30(14-16-31)10-2-4-22-19-29-26-7-6-24(18-25(22)26)32-12-9-28-20-32/h1,3,5-7,9,12,17-20,29H,2,4,8,10-11,13-16H2. The van der Waals surface area contributed by atoms with Gasteiger partial charge in [0.2, 0.25) is 0 Å². The molecule has 0 atom stereocenters. The Morgan fingerprint density at radius 1 is 0.938 bits per heavy atom. The van der Waals surface area contributed by atoms with E-state index in [0.29, 0.717) is 0 Å². The van der Waals surface area contributed by atoms with Crippen LogP contribution in [0.1, 0.15) is 17.5 Å². The van der Waals surface area contributed by atoms with E-state index >= 15 is 0 Å². The second-order valence-corrected chi connectivity index (χ2v) is 8.68. The smallest absolute Gasteiger partial charge is 0.123 e. The number of fused-ring (bicyclic) bond motifs is 1. The van der Waals surface area contributed by atoms with Crippen LogP contribution in [0.3, 0.4) is 0 Å². The first kappa shape index (κ1) is 20.9. The molecule has 2 aromatic carbocycles. The molecule has 166 valence electrons. The summed E-state index contributed by atoms with van der Waals surface area (Å²) in [5.74, 6) is -0.138. The minimum atomic E-state index is -0.138. The molecule has 0 spiro atoms. The molecule has 1 saturated heterocycles. The maximum Gasteiger partial charge on any atom is 0.123 e. The fourth-order valence-corrected chi connectivity index (χ4v) is 4.65. The number of halogens is 1. The van der Waals surface area contributed by atoms with Crippen LogP contribution in [0, 0.1) is 5.82 Å². The summed E-state index contributed by atoms with van der Waals surface area (Å²) >= 11 is 0. The van der Waals surface area contributed by atoms with Gasteiger partial charge in [-0.3, -0.25) is 0 Å². The number of hydrogen-bond acceptors (Lipinski definition) is 3. The van der Waals surface area contributed by atoms with Gasteiger partial charge in [0.1, 0.15) is 5.82 Å².